The topological polar surface area (TPSA) is 79.0 Å². The van der Waals surface area contributed by atoms with Crippen LogP contribution in [0.5, 0.6) is 0 Å². The van der Waals surface area contributed by atoms with Crippen molar-refractivity contribution in [3.8, 4) is 0 Å². The first-order valence-corrected chi connectivity index (χ1v) is 8.25. The number of ether oxygens (including phenoxy) is 1. The molecule has 3 rings (SSSR count). The number of carbonyl (C=O) groups is 3. The van der Waals surface area contributed by atoms with E-state index in [0.717, 1.165) is 10.4 Å². The van der Waals surface area contributed by atoms with Crippen LogP contribution in [0.4, 0.5) is 5.00 Å². The molecule has 0 saturated heterocycles. The SMILES string of the molecule is COC(C)C(=O)N1CCc2c(sc3c2C(=O)N(C)CC(=O)N3)C1. The molecule has 3 amide bonds. The summed E-state index contributed by atoms with van der Waals surface area (Å²) in [7, 11) is 3.13. The highest BCUT2D eigenvalue weighted by Gasteiger charge is 2.34. The van der Waals surface area contributed by atoms with E-state index in [4.69, 9.17) is 4.74 Å². The molecule has 0 radical (unpaired) electrons. The smallest absolute Gasteiger partial charge is 0.257 e. The summed E-state index contributed by atoms with van der Waals surface area (Å²) in [5, 5.41) is 3.41. The van der Waals surface area contributed by atoms with Crippen LogP contribution in [0.3, 0.4) is 0 Å². The van der Waals surface area contributed by atoms with Gasteiger partial charge in [-0.1, -0.05) is 0 Å². The Morgan fingerprint density at radius 1 is 1.35 bits per heavy atom. The number of anilines is 1. The largest absolute Gasteiger partial charge is 0.372 e. The Morgan fingerprint density at radius 3 is 2.78 bits per heavy atom. The van der Waals surface area contributed by atoms with Gasteiger partial charge in [0.05, 0.1) is 18.7 Å². The van der Waals surface area contributed by atoms with E-state index in [9.17, 15) is 14.4 Å². The molecule has 0 spiro atoms. The molecule has 0 bridgehead atoms. The van der Waals surface area contributed by atoms with Gasteiger partial charge in [0.15, 0.2) is 0 Å². The second-order valence-corrected chi connectivity index (χ2v) is 6.91. The van der Waals surface area contributed by atoms with Gasteiger partial charge in [0, 0.05) is 25.6 Å². The maximum absolute atomic E-state index is 12.5. The monoisotopic (exact) mass is 337 g/mol. The van der Waals surface area contributed by atoms with Gasteiger partial charge in [0.2, 0.25) is 5.91 Å². The van der Waals surface area contributed by atoms with Gasteiger partial charge in [0.25, 0.3) is 11.8 Å². The van der Waals surface area contributed by atoms with E-state index in [2.05, 4.69) is 5.32 Å². The number of hydrogen-bond acceptors (Lipinski definition) is 5. The Hall–Kier alpha value is -1.93. The fraction of sp³-hybridized carbons (Fsp3) is 0.533. The van der Waals surface area contributed by atoms with Crippen molar-refractivity contribution in [2.24, 2.45) is 0 Å². The summed E-state index contributed by atoms with van der Waals surface area (Å²) < 4.78 is 5.09. The van der Waals surface area contributed by atoms with Gasteiger partial charge in [-0.3, -0.25) is 14.4 Å². The van der Waals surface area contributed by atoms with E-state index < -0.39 is 6.10 Å². The first kappa shape index (κ1) is 15.9. The molecule has 8 heteroatoms. The van der Waals surface area contributed by atoms with Gasteiger partial charge in [-0.05, 0) is 18.9 Å². The van der Waals surface area contributed by atoms with Crippen molar-refractivity contribution in [1.82, 2.24) is 9.80 Å². The average molecular weight is 337 g/mol. The molecular formula is C15H19N3O4S. The van der Waals surface area contributed by atoms with Crippen molar-refractivity contribution in [3.63, 3.8) is 0 Å². The Kier molecular flexibility index (Phi) is 4.11. The molecule has 2 aliphatic heterocycles. The van der Waals surface area contributed by atoms with Gasteiger partial charge in [0.1, 0.15) is 11.1 Å². The lowest BCUT2D eigenvalue weighted by Crippen LogP contribution is -2.41. The Bertz CT molecular complexity index is 685. The molecule has 3 heterocycles. The number of amides is 3. The zero-order valence-electron chi connectivity index (χ0n) is 13.3. The predicted octanol–water partition coefficient (Wildman–Crippen LogP) is 0.692. The summed E-state index contributed by atoms with van der Waals surface area (Å²) in [5.74, 6) is -0.394. The number of hydrogen-bond donors (Lipinski definition) is 1. The lowest BCUT2D eigenvalue weighted by Gasteiger charge is -2.29. The number of nitrogens with one attached hydrogen (secondary N) is 1. The number of methoxy groups -OCH3 is 1. The van der Waals surface area contributed by atoms with Crippen LogP contribution in [-0.2, 0) is 27.3 Å². The fourth-order valence-corrected chi connectivity index (χ4v) is 4.18. The summed E-state index contributed by atoms with van der Waals surface area (Å²) in [6.07, 6.45) is 0.125. The molecule has 1 aromatic rings. The quantitative estimate of drug-likeness (QED) is 0.861. The van der Waals surface area contributed by atoms with Crippen molar-refractivity contribution in [2.75, 3.05) is 32.6 Å². The summed E-state index contributed by atoms with van der Waals surface area (Å²) in [4.78, 5) is 40.8. The van der Waals surface area contributed by atoms with Crippen molar-refractivity contribution in [2.45, 2.75) is 26.0 Å². The predicted molar refractivity (Wildman–Crippen MR) is 85.5 cm³/mol. The van der Waals surface area contributed by atoms with E-state index in [1.54, 1.807) is 18.9 Å². The number of carbonyl (C=O) groups excluding carboxylic acids is 3. The summed E-state index contributed by atoms with van der Waals surface area (Å²) >= 11 is 1.39. The highest BCUT2D eigenvalue weighted by atomic mass is 32.1. The lowest BCUT2D eigenvalue weighted by molar-refractivity contribution is -0.141. The highest BCUT2D eigenvalue weighted by Crippen LogP contribution is 2.38. The van der Waals surface area contributed by atoms with Gasteiger partial charge >= 0.3 is 0 Å². The van der Waals surface area contributed by atoms with Crippen molar-refractivity contribution in [3.05, 3.63) is 16.0 Å². The minimum Gasteiger partial charge on any atom is -0.372 e. The molecule has 124 valence electrons. The minimum atomic E-state index is -0.484. The van der Waals surface area contributed by atoms with Crippen LogP contribution in [0.25, 0.3) is 0 Å². The Morgan fingerprint density at radius 2 is 2.09 bits per heavy atom. The molecule has 0 saturated carbocycles. The molecule has 0 fully saturated rings. The minimum absolute atomic E-state index is 0.0605. The molecule has 0 aliphatic carbocycles. The van der Waals surface area contributed by atoms with E-state index in [-0.39, 0.29) is 24.3 Å². The number of likely N-dealkylation sites (N-methyl/N-ethyl adjacent to an activating group) is 1. The van der Waals surface area contributed by atoms with E-state index in [1.165, 1.54) is 23.3 Å². The maximum Gasteiger partial charge on any atom is 0.257 e. The third-order valence-corrected chi connectivity index (χ3v) is 5.40. The zero-order valence-corrected chi connectivity index (χ0v) is 14.2. The molecule has 1 aromatic heterocycles. The van der Waals surface area contributed by atoms with Crippen LogP contribution >= 0.6 is 11.3 Å². The average Bonchev–Trinajstić information content (AvgIpc) is 2.83. The van der Waals surface area contributed by atoms with Gasteiger partial charge in [-0.25, -0.2) is 0 Å². The zero-order chi connectivity index (χ0) is 16.7. The summed E-state index contributed by atoms with van der Waals surface area (Å²) in [6.45, 7) is 2.78. The number of rotatable bonds is 2. The highest BCUT2D eigenvalue weighted by molar-refractivity contribution is 7.17. The van der Waals surface area contributed by atoms with Crippen molar-refractivity contribution in [1.29, 1.82) is 0 Å². The van der Waals surface area contributed by atoms with Crippen LogP contribution in [0.15, 0.2) is 0 Å². The number of thiophene rings is 1. The Balaban J connectivity index is 1.92. The summed E-state index contributed by atoms with van der Waals surface area (Å²) in [6, 6.07) is 0. The second kappa shape index (κ2) is 5.93. The molecule has 1 atom stereocenters. The number of fused-ring (bicyclic) bond motifs is 3. The van der Waals surface area contributed by atoms with E-state index in [1.807, 2.05) is 0 Å². The first-order chi connectivity index (χ1) is 10.9. The third-order valence-electron chi connectivity index (χ3n) is 4.26. The number of nitrogens with zero attached hydrogens (tertiary/aromatic N) is 2. The lowest BCUT2D eigenvalue weighted by atomic mass is 10.0. The second-order valence-electron chi connectivity index (χ2n) is 5.81. The molecule has 1 N–H and O–H groups in total. The van der Waals surface area contributed by atoms with Crippen LogP contribution < -0.4 is 5.32 Å². The van der Waals surface area contributed by atoms with Crippen LogP contribution in [0, 0.1) is 0 Å². The van der Waals surface area contributed by atoms with Crippen molar-refractivity contribution >= 4 is 34.1 Å². The fourth-order valence-electron chi connectivity index (χ4n) is 2.91. The normalized spacial score (nSPS) is 18.9. The molecular weight excluding hydrogens is 318 g/mol. The standard InChI is InChI=1S/C15H19N3O4S/c1-8(22-3)14(20)18-5-4-9-10(6-18)23-13-12(9)15(21)17(2)7-11(19)16-13/h8H,4-7H2,1-3H3,(H,16,19). The molecule has 0 aromatic carbocycles. The maximum atomic E-state index is 12.5. The molecule has 23 heavy (non-hydrogen) atoms. The summed E-state index contributed by atoms with van der Waals surface area (Å²) in [5.41, 5.74) is 1.54. The van der Waals surface area contributed by atoms with E-state index >= 15 is 0 Å². The molecule has 2 aliphatic rings. The van der Waals surface area contributed by atoms with Gasteiger partial charge < -0.3 is 19.9 Å². The van der Waals surface area contributed by atoms with Crippen LogP contribution in [0.1, 0.15) is 27.7 Å². The van der Waals surface area contributed by atoms with Crippen LogP contribution in [-0.4, -0.2) is 60.9 Å². The molecule has 1 unspecified atom stereocenters. The van der Waals surface area contributed by atoms with Crippen LogP contribution in [0.2, 0.25) is 0 Å². The molecule has 7 nitrogen and oxygen atoms in total. The van der Waals surface area contributed by atoms with Gasteiger partial charge in [-0.2, -0.15) is 0 Å². The van der Waals surface area contributed by atoms with E-state index in [0.29, 0.717) is 30.1 Å². The third kappa shape index (κ3) is 2.72. The van der Waals surface area contributed by atoms with Gasteiger partial charge in [-0.15, -0.1) is 11.3 Å². The van der Waals surface area contributed by atoms with Crippen molar-refractivity contribution < 1.29 is 19.1 Å². The Labute approximate surface area is 138 Å². The first-order valence-electron chi connectivity index (χ1n) is 7.43.